The van der Waals surface area contributed by atoms with Crippen molar-refractivity contribution in [1.82, 2.24) is 4.90 Å². The molecule has 1 aliphatic heterocycles. The van der Waals surface area contributed by atoms with E-state index in [-0.39, 0.29) is 18.6 Å². The predicted molar refractivity (Wildman–Crippen MR) is 71.3 cm³/mol. The van der Waals surface area contributed by atoms with Crippen LogP contribution in [0.4, 0.5) is 0 Å². The fraction of sp³-hybridized carbons (Fsp3) is 0.500. The van der Waals surface area contributed by atoms with Crippen LogP contribution in [0.25, 0.3) is 0 Å². The zero-order valence-electron chi connectivity index (χ0n) is 10.9. The molecule has 104 valence electrons. The summed E-state index contributed by atoms with van der Waals surface area (Å²) in [7, 11) is 0. The van der Waals surface area contributed by atoms with Crippen molar-refractivity contribution in [2.45, 2.75) is 25.2 Å². The van der Waals surface area contributed by atoms with E-state index in [1.54, 1.807) is 0 Å². The molecule has 2 atom stereocenters. The molecule has 0 aliphatic carbocycles. The standard InChI is InChI=1S/C14H20N2O3/c15-12-8-16(7-6-13(12)17)9-14(18)19-10-11-4-2-1-3-5-11/h1-5,12-13,17H,6-10,15H2/t12-,13-/m0/s1. The molecule has 1 aromatic rings. The number of aliphatic hydroxyl groups is 1. The molecule has 0 spiro atoms. The Morgan fingerprint density at radius 2 is 2.16 bits per heavy atom. The lowest BCUT2D eigenvalue weighted by Crippen LogP contribution is -2.52. The summed E-state index contributed by atoms with van der Waals surface area (Å²) in [5.41, 5.74) is 6.74. The van der Waals surface area contributed by atoms with Crippen molar-refractivity contribution in [2.75, 3.05) is 19.6 Å². The lowest BCUT2D eigenvalue weighted by molar-refractivity contribution is -0.147. The molecular weight excluding hydrogens is 244 g/mol. The van der Waals surface area contributed by atoms with Crippen LogP contribution in [-0.2, 0) is 16.1 Å². The van der Waals surface area contributed by atoms with Crippen molar-refractivity contribution in [2.24, 2.45) is 5.73 Å². The normalized spacial score (nSPS) is 24.1. The van der Waals surface area contributed by atoms with Gasteiger partial charge in [0.05, 0.1) is 12.6 Å². The highest BCUT2D eigenvalue weighted by Gasteiger charge is 2.25. The molecule has 5 heteroatoms. The van der Waals surface area contributed by atoms with E-state index in [9.17, 15) is 9.90 Å². The average molecular weight is 264 g/mol. The van der Waals surface area contributed by atoms with Crippen LogP contribution in [0.15, 0.2) is 30.3 Å². The molecule has 1 saturated heterocycles. The number of likely N-dealkylation sites (tertiary alicyclic amines) is 1. The van der Waals surface area contributed by atoms with E-state index in [2.05, 4.69) is 0 Å². The van der Waals surface area contributed by atoms with Gasteiger partial charge >= 0.3 is 5.97 Å². The third-order valence-corrected chi connectivity index (χ3v) is 3.30. The summed E-state index contributed by atoms with van der Waals surface area (Å²) in [5, 5.41) is 9.51. The number of nitrogens with two attached hydrogens (primary N) is 1. The molecule has 5 nitrogen and oxygen atoms in total. The maximum Gasteiger partial charge on any atom is 0.320 e. The number of esters is 1. The molecule has 2 rings (SSSR count). The van der Waals surface area contributed by atoms with Gasteiger partial charge in [0, 0.05) is 19.1 Å². The first-order chi connectivity index (χ1) is 9.15. The first-order valence-corrected chi connectivity index (χ1v) is 6.50. The maximum atomic E-state index is 11.7. The Morgan fingerprint density at radius 1 is 1.42 bits per heavy atom. The molecule has 1 aromatic carbocycles. The molecular formula is C14H20N2O3. The van der Waals surface area contributed by atoms with Gasteiger partial charge in [-0.3, -0.25) is 9.69 Å². The van der Waals surface area contributed by atoms with Crippen LogP contribution in [0.1, 0.15) is 12.0 Å². The van der Waals surface area contributed by atoms with Crippen molar-refractivity contribution >= 4 is 5.97 Å². The summed E-state index contributed by atoms with van der Waals surface area (Å²) < 4.78 is 5.21. The molecule has 19 heavy (non-hydrogen) atoms. The number of nitrogens with zero attached hydrogens (tertiary/aromatic N) is 1. The van der Waals surface area contributed by atoms with Gasteiger partial charge in [-0.25, -0.2) is 0 Å². The number of piperidine rings is 1. The zero-order valence-corrected chi connectivity index (χ0v) is 10.9. The van der Waals surface area contributed by atoms with Crippen molar-refractivity contribution in [1.29, 1.82) is 0 Å². The Morgan fingerprint density at radius 3 is 2.84 bits per heavy atom. The molecule has 0 radical (unpaired) electrons. The van der Waals surface area contributed by atoms with Gasteiger partial charge in [0.1, 0.15) is 6.61 Å². The fourth-order valence-corrected chi connectivity index (χ4v) is 2.15. The monoisotopic (exact) mass is 264 g/mol. The smallest absolute Gasteiger partial charge is 0.320 e. The van der Waals surface area contributed by atoms with Crippen LogP contribution >= 0.6 is 0 Å². The number of benzene rings is 1. The highest BCUT2D eigenvalue weighted by molar-refractivity contribution is 5.71. The van der Waals surface area contributed by atoms with E-state index >= 15 is 0 Å². The first-order valence-electron chi connectivity index (χ1n) is 6.50. The minimum atomic E-state index is -0.461. The molecule has 0 saturated carbocycles. The van der Waals surface area contributed by atoms with E-state index in [0.717, 1.165) is 5.56 Å². The first kappa shape index (κ1) is 14.0. The molecule has 1 fully saturated rings. The number of carbonyl (C=O) groups excluding carboxylic acids is 1. The van der Waals surface area contributed by atoms with Gasteiger partial charge in [-0.1, -0.05) is 30.3 Å². The Kier molecular flexibility index (Phi) is 4.90. The minimum Gasteiger partial charge on any atom is -0.460 e. The van der Waals surface area contributed by atoms with Crippen LogP contribution in [0, 0.1) is 0 Å². The van der Waals surface area contributed by atoms with Crippen LogP contribution in [0.2, 0.25) is 0 Å². The van der Waals surface area contributed by atoms with Gasteiger partial charge in [-0.05, 0) is 12.0 Å². The number of carbonyl (C=O) groups is 1. The van der Waals surface area contributed by atoms with E-state index in [1.165, 1.54) is 0 Å². The molecule has 0 aromatic heterocycles. The van der Waals surface area contributed by atoms with Crippen LogP contribution in [0.5, 0.6) is 0 Å². The van der Waals surface area contributed by atoms with Crippen molar-refractivity contribution in [3.63, 3.8) is 0 Å². The summed E-state index contributed by atoms with van der Waals surface area (Å²) in [5.74, 6) is -0.257. The highest BCUT2D eigenvalue weighted by Crippen LogP contribution is 2.09. The Labute approximate surface area is 113 Å². The van der Waals surface area contributed by atoms with Gasteiger partial charge in [0.15, 0.2) is 0 Å². The average Bonchev–Trinajstić information content (AvgIpc) is 2.42. The summed E-state index contributed by atoms with van der Waals surface area (Å²) in [4.78, 5) is 13.6. The van der Waals surface area contributed by atoms with E-state index in [1.807, 2.05) is 35.2 Å². The van der Waals surface area contributed by atoms with E-state index in [4.69, 9.17) is 10.5 Å². The second-order valence-corrected chi connectivity index (χ2v) is 4.90. The number of rotatable bonds is 4. The van der Waals surface area contributed by atoms with Gasteiger partial charge < -0.3 is 15.6 Å². The highest BCUT2D eigenvalue weighted by atomic mass is 16.5. The fourth-order valence-electron chi connectivity index (χ4n) is 2.15. The number of hydrogen-bond donors (Lipinski definition) is 2. The lowest BCUT2D eigenvalue weighted by atomic mass is 10.0. The second kappa shape index (κ2) is 6.65. The van der Waals surface area contributed by atoms with E-state index in [0.29, 0.717) is 26.1 Å². The van der Waals surface area contributed by atoms with Crippen LogP contribution in [0.3, 0.4) is 0 Å². The second-order valence-electron chi connectivity index (χ2n) is 4.90. The zero-order chi connectivity index (χ0) is 13.7. The van der Waals surface area contributed by atoms with Crippen LogP contribution < -0.4 is 5.73 Å². The lowest BCUT2D eigenvalue weighted by Gasteiger charge is -2.33. The number of hydrogen-bond acceptors (Lipinski definition) is 5. The number of aliphatic hydroxyl groups excluding tert-OH is 1. The molecule has 3 N–H and O–H groups in total. The summed E-state index contributed by atoms with van der Waals surface area (Å²) >= 11 is 0. The van der Waals surface area contributed by atoms with Gasteiger partial charge in [0.2, 0.25) is 0 Å². The van der Waals surface area contributed by atoms with Crippen LogP contribution in [-0.4, -0.2) is 47.8 Å². The Balaban J connectivity index is 1.73. The third kappa shape index (κ3) is 4.31. The summed E-state index contributed by atoms with van der Waals surface area (Å²) in [6, 6.07) is 9.30. The van der Waals surface area contributed by atoms with Crippen molar-refractivity contribution < 1.29 is 14.6 Å². The largest absolute Gasteiger partial charge is 0.460 e. The Hall–Kier alpha value is -1.43. The molecule has 0 amide bonds. The Bertz CT molecular complexity index is 410. The molecule has 1 aliphatic rings. The molecule has 1 heterocycles. The van der Waals surface area contributed by atoms with Gasteiger partial charge in [0.25, 0.3) is 0 Å². The molecule has 0 unspecified atom stereocenters. The quantitative estimate of drug-likeness (QED) is 0.756. The number of ether oxygens (including phenoxy) is 1. The predicted octanol–water partition coefficient (Wildman–Crippen LogP) is 0.124. The third-order valence-electron chi connectivity index (χ3n) is 3.30. The van der Waals surface area contributed by atoms with Crippen molar-refractivity contribution in [3.8, 4) is 0 Å². The SMILES string of the molecule is N[C@H]1CN(CC(=O)OCc2ccccc2)CC[C@@H]1O. The van der Waals surface area contributed by atoms with Gasteiger partial charge in [-0.2, -0.15) is 0 Å². The minimum absolute atomic E-state index is 0.229. The van der Waals surface area contributed by atoms with Gasteiger partial charge in [-0.15, -0.1) is 0 Å². The van der Waals surface area contributed by atoms with E-state index < -0.39 is 6.10 Å². The topological polar surface area (TPSA) is 75.8 Å². The summed E-state index contributed by atoms with van der Waals surface area (Å²) in [6.07, 6.45) is 0.143. The van der Waals surface area contributed by atoms with Crippen molar-refractivity contribution in [3.05, 3.63) is 35.9 Å². The summed E-state index contributed by atoms with van der Waals surface area (Å²) in [6.45, 7) is 1.73. The molecule has 0 bridgehead atoms. The maximum absolute atomic E-state index is 11.7.